The van der Waals surface area contributed by atoms with Gasteiger partial charge in [0.15, 0.2) is 11.2 Å². The van der Waals surface area contributed by atoms with Gasteiger partial charge >= 0.3 is 23.4 Å². The number of aliphatic hydroxyl groups is 1. The predicted octanol–water partition coefficient (Wildman–Crippen LogP) is -1.34. The largest absolute Gasteiger partial charge is 0.489 e. The maximum Gasteiger partial charge on any atom is 0.489 e. The van der Waals surface area contributed by atoms with Crippen molar-refractivity contribution in [3.63, 3.8) is 0 Å². The number of nitrogens with one attached hydrogen (secondary N) is 1. The minimum Gasteiger partial charge on any atom is -0.390 e. The number of rotatable bonds is 8. The molecule has 0 spiro atoms. The first-order chi connectivity index (χ1) is 14.2. The second-order valence-corrected chi connectivity index (χ2v) is 10.7. The van der Waals surface area contributed by atoms with Crippen LogP contribution in [-0.4, -0.2) is 58.1 Å². The lowest BCUT2D eigenvalue weighted by molar-refractivity contribution is -0.0423. The Bertz CT molecular complexity index is 1180. The Morgan fingerprint density at radius 1 is 1.26 bits per heavy atom. The van der Waals surface area contributed by atoms with Crippen molar-refractivity contribution in [3.8, 4) is 0 Å². The Morgan fingerprint density at radius 2 is 1.94 bits per heavy atom. The number of phosphoric acid groups is 2. The maximum atomic E-state index is 11.8. The van der Waals surface area contributed by atoms with Crippen LogP contribution in [0.2, 0.25) is 0 Å². The Kier molecular flexibility index (Phi) is 6.57. The summed E-state index contributed by atoms with van der Waals surface area (Å²) in [4.78, 5) is 49.4. The third kappa shape index (κ3) is 6.04. The van der Waals surface area contributed by atoms with E-state index >= 15 is 0 Å². The molecule has 1 aliphatic heterocycles. The molecule has 0 aromatic carbocycles. The number of hydrogen-bond donors (Lipinski definition) is 7. The molecule has 6 atom stereocenters. The third-order valence-electron chi connectivity index (χ3n) is 3.79. The van der Waals surface area contributed by atoms with Gasteiger partial charge in [0.1, 0.15) is 12.3 Å². The average Bonchev–Trinajstić information content (AvgIpc) is 3.13. The van der Waals surface area contributed by atoms with Gasteiger partial charge in [0.05, 0.1) is 19.0 Å². The fourth-order valence-electron chi connectivity index (χ4n) is 2.67. The van der Waals surface area contributed by atoms with E-state index in [9.17, 15) is 33.4 Å². The lowest BCUT2D eigenvalue weighted by Gasteiger charge is -2.19. The van der Waals surface area contributed by atoms with E-state index in [4.69, 9.17) is 15.4 Å². The topological polar surface area (TPSA) is 285 Å². The number of nitrogen functional groups attached to an aromatic ring is 1. The molecule has 174 valence electrons. The van der Waals surface area contributed by atoms with Crippen molar-refractivity contribution in [2.75, 3.05) is 12.3 Å². The number of H-pyrrole nitrogens is 1. The molecule has 2 aromatic rings. The number of imidazole rings is 1. The van der Waals surface area contributed by atoms with Crippen molar-refractivity contribution >= 4 is 40.5 Å². The number of aromatic amines is 1. The second-order valence-electron chi connectivity index (χ2n) is 6.17. The van der Waals surface area contributed by atoms with Gasteiger partial charge in [-0.3, -0.25) is 18.9 Å². The van der Waals surface area contributed by atoms with Gasteiger partial charge in [-0.05, 0) is 0 Å². The number of fused-ring (bicyclic) bond motifs is 1. The minimum atomic E-state index is -5.55. The summed E-state index contributed by atoms with van der Waals surface area (Å²) in [6, 6.07) is 0. The summed E-state index contributed by atoms with van der Waals surface area (Å²) >= 11 is 0. The van der Waals surface area contributed by atoms with Crippen LogP contribution < -0.4 is 16.8 Å². The van der Waals surface area contributed by atoms with Gasteiger partial charge in [-0.1, -0.05) is 0 Å². The van der Waals surface area contributed by atoms with Gasteiger partial charge in [0.25, 0.3) is 5.56 Å². The van der Waals surface area contributed by atoms with Crippen LogP contribution in [0.5, 0.6) is 0 Å². The van der Waals surface area contributed by atoms with Crippen molar-refractivity contribution in [2.24, 2.45) is 5.50 Å². The molecule has 3 heterocycles. The van der Waals surface area contributed by atoms with E-state index in [0.29, 0.717) is 0 Å². The molecule has 3 rings (SSSR count). The first-order valence-electron chi connectivity index (χ1n) is 8.06. The number of aliphatic hydroxyl groups excluding tert-OH is 1. The first kappa shape index (κ1) is 24.1. The zero-order valence-electron chi connectivity index (χ0n) is 15.1. The third-order valence-corrected chi connectivity index (χ3v) is 7.68. The lowest BCUT2D eigenvalue weighted by atomic mass is 10.2. The van der Waals surface area contributed by atoms with Crippen LogP contribution in [0, 0.1) is 0 Å². The van der Waals surface area contributed by atoms with Crippen LogP contribution in [0.15, 0.2) is 11.1 Å². The Balaban J connectivity index is 1.67. The van der Waals surface area contributed by atoms with Gasteiger partial charge < -0.3 is 30.3 Å². The van der Waals surface area contributed by atoms with Crippen LogP contribution >= 0.6 is 23.4 Å². The minimum absolute atomic E-state index is 0.0416. The lowest BCUT2D eigenvalue weighted by Crippen LogP contribution is -2.26. The molecular weight excluding hydrogens is 489 g/mol. The number of hydrogen-bond acceptors (Lipinski definition) is 12. The summed E-state index contributed by atoms with van der Waals surface area (Å²) in [6.07, 6.45) is -2.27. The first-order valence-corrected chi connectivity index (χ1v) is 12.7. The van der Waals surface area contributed by atoms with Crippen LogP contribution in [0.1, 0.15) is 12.6 Å². The van der Waals surface area contributed by atoms with Crippen molar-refractivity contribution in [1.82, 2.24) is 19.5 Å². The molecule has 9 N–H and O–H groups in total. The number of phosphoric ester groups is 1. The number of nitrogens with two attached hydrogens (primary N) is 2. The summed E-state index contributed by atoms with van der Waals surface area (Å²) in [5, 5.41) is 10.1. The SMILES string of the molecule is Nc1nc2c(ncn2[C@H]2C[C@H](O)[C@@H](COP(=O)(O)OP(=O)(O)OP(N)(=O)O)O2)c(=O)[nH]1. The van der Waals surface area contributed by atoms with E-state index in [-0.39, 0.29) is 23.5 Å². The number of ether oxygens (including phenoxy) is 1. The Hall–Kier alpha value is -1.52. The van der Waals surface area contributed by atoms with Crippen molar-refractivity contribution in [1.29, 1.82) is 0 Å². The van der Waals surface area contributed by atoms with E-state index in [2.05, 4.69) is 33.6 Å². The zero-order valence-corrected chi connectivity index (χ0v) is 17.8. The molecule has 0 bridgehead atoms. The van der Waals surface area contributed by atoms with Crippen LogP contribution in [0.3, 0.4) is 0 Å². The molecule has 1 fully saturated rings. The standard InChI is InChI=1S/C10H17N6O12P3/c11-10-14-8-7(9(18)15-10)13-3-16(8)6-1-4(17)5(26-6)2-25-30(21,22)28-31(23,24)27-29(12,19)20/h3-6,17H,1-2H2,(H,21,22)(H,23,24)(H3,12,19,20)(H3,11,14,15,18)/t4-,5+,6+/m0/s1. The second kappa shape index (κ2) is 8.44. The number of aromatic nitrogens is 4. The van der Waals surface area contributed by atoms with Gasteiger partial charge in [-0.15, -0.1) is 0 Å². The van der Waals surface area contributed by atoms with E-state index in [1.807, 2.05) is 0 Å². The molecule has 0 radical (unpaired) electrons. The average molecular weight is 506 g/mol. The van der Waals surface area contributed by atoms with E-state index in [0.717, 1.165) is 0 Å². The molecule has 3 unspecified atom stereocenters. The normalized spacial score (nSPS) is 27.6. The fraction of sp³-hybridized carbons (Fsp3) is 0.500. The Labute approximate surface area is 171 Å². The summed E-state index contributed by atoms with van der Waals surface area (Å²) in [6.45, 7) is -0.812. The molecule has 21 heteroatoms. The monoisotopic (exact) mass is 506 g/mol. The van der Waals surface area contributed by atoms with Crippen LogP contribution in [0.4, 0.5) is 5.95 Å². The molecule has 0 aliphatic carbocycles. The molecule has 1 saturated heterocycles. The fourth-order valence-corrected chi connectivity index (χ4v) is 5.81. The highest BCUT2D eigenvalue weighted by Gasteiger charge is 2.42. The number of nitrogens with zero attached hydrogens (tertiary/aromatic N) is 3. The molecule has 31 heavy (non-hydrogen) atoms. The number of anilines is 1. The zero-order chi connectivity index (χ0) is 23.2. The summed E-state index contributed by atoms with van der Waals surface area (Å²) in [5.41, 5.74) is 9.45. The molecule has 18 nitrogen and oxygen atoms in total. The summed E-state index contributed by atoms with van der Waals surface area (Å²) in [7, 11) is -15.9. The van der Waals surface area contributed by atoms with Gasteiger partial charge in [0.2, 0.25) is 5.95 Å². The maximum absolute atomic E-state index is 11.8. The van der Waals surface area contributed by atoms with Crippen molar-refractivity contribution in [3.05, 3.63) is 16.7 Å². The quantitative estimate of drug-likeness (QED) is 0.204. The highest BCUT2D eigenvalue weighted by Crippen LogP contribution is 2.65. The molecular formula is C10H17N6O12P3. The highest BCUT2D eigenvalue weighted by atomic mass is 31.3. The smallest absolute Gasteiger partial charge is 0.390 e. The molecule has 0 amide bonds. The summed E-state index contributed by atoms with van der Waals surface area (Å²) in [5.74, 6) is -0.184. The molecule has 0 saturated carbocycles. The van der Waals surface area contributed by atoms with Gasteiger partial charge in [-0.2, -0.15) is 13.6 Å². The van der Waals surface area contributed by atoms with Crippen LogP contribution in [-0.2, 0) is 31.6 Å². The highest BCUT2D eigenvalue weighted by molar-refractivity contribution is 7.67. The van der Waals surface area contributed by atoms with Gasteiger partial charge in [-0.25, -0.2) is 24.2 Å². The van der Waals surface area contributed by atoms with E-state index in [1.165, 1.54) is 10.9 Å². The summed E-state index contributed by atoms with van der Waals surface area (Å²) < 4.78 is 52.8. The van der Waals surface area contributed by atoms with Crippen LogP contribution in [0.25, 0.3) is 11.2 Å². The van der Waals surface area contributed by atoms with E-state index in [1.54, 1.807) is 0 Å². The van der Waals surface area contributed by atoms with Crippen molar-refractivity contribution in [2.45, 2.75) is 24.9 Å². The molecule has 1 aliphatic rings. The van der Waals surface area contributed by atoms with Gasteiger partial charge in [0, 0.05) is 6.42 Å². The van der Waals surface area contributed by atoms with E-state index < -0.39 is 54.0 Å². The molecule has 2 aromatic heterocycles. The predicted molar refractivity (Wildman–Crippen MR) is 98.9 cm³/mol. The Morgan fingerprint density at radius 3 is 2.58 bits per heavy atom. The van der Waals surface area contributed by atoms with Crippen molar-refractivity contribution < 1.29 is 51.4 Å².